The molecule has 4 aromatic rings. The van der Waals surface area contributed by atoms with E-state index < -0.39 is 61.9 Å². The van der Waals surface area contributed by atoms with Crippen molar-refractivity contribution >= 4 is 30.2 Å². The zero-order chi connectivity index (χ0) is 32.9. The van der Waals surface area contributed by atoms with Gasteiger partial charge in [0.15, 0.2) is 5.72 Å². The van der Waals surface area contributed by atoms with Gasteiger partial charge < -0.3 is 24.8 Å². The molecule has 0 saturated carbocycles. The number of carbonyl (C=O) groups is 1. The van der Waals surface area contributed by atoms with Crippen molar-refractivity contribution < 1.29 is 33.0 Å². The van der Waals surface area contributed by atoms with Crippen LogP contribution >= 0.6 is 7.60 Å². The van der Waals surface area contributed by atoms with Gasteiger partial charge in [0.2, 0.25) is 0 Å². The minimum Gasteiger partial charge on any atom is -0.461 e. The number of carbonyl (C=O) groups excluding carboxylic acids is 1. The van der Waals surface area contributed by atoms with Crippen LogP contribution in [0, 0.1) is 11.8 Å². The maximum atomic E-state index is 14.5. The summed E-state index contributed by atoms with van der Waals surface area (Å²) < 4.78 is 39.1. The highest BCUT2D eigenvalue weighted by molar-refractivity contribution is 7.54. The maximum Gasteiger partial charge on any atom is 0.380 e. The summed E-state index contributed by atoms with van der Waals surface area (Å²) in [7, 11) is -4.30. The third-order valence-electron chi connectivity index (χ3n) is 7.65. The SMILES string of the molecule is C[C@@H]1[C@H](n2ccc(N)nc2=O)O[C@@](COP(=O)(C[C@@H](C)C(=O)OCc2ccccc2)Oc2cccc3ccccc23)(N=[N+]=[N-])[C@H]1O. The van der Waals surface area contributed by atoms with E-state index in [1.165, 1.54) is 19.2 Å². The van der Waals surface area contributed by atoms with E-state index in [9.17, 15) is 24.8 Å². The number of fused-ring (bicyclic) bond motifs is 1. The lowest BCUT2D eigenvalue weighted by Crippen LogP contribution is -2.43. The van der Waals surface area contributed by atoms with E-state index in [1.54, 1.807) is 43.3 Å². The first-order valence-corrected chi connectivity index (χ1v) is 16.2. The summed E-state index contributed by atoms with van der Waals surface area (Å²) in [5.74, 6) is -2.20. The second-order valence-electron chi connectivity index (χ2n) is 11.0. The topological polar surface area (TPSA) is 201 Å². The lowest BCUT2D eigenvalue weighted by molar-refractivity contribution is -0.148. The summed E-state index contributed by atoms with van der Waals surface area (Å²) in [5, 5.41) is 16.4. The van der Waals surface area contributed by atoms with Gasteiger partial charge in [0.1, 0.15) is 24.4 Å². The quantitative estimate of drug-likeness (QED) is 0.0678. The van der Waals surface area contributed by atoms with Gasteiger partial charge in [-0.3, -0.25) is 13.9 Å². The number of nitrogen functional groups attached to an aromatic ring is 1. The molecular weight excluding hydrogens is 615 g/mol. The first kappa shape index (κ1) is 32.7. The number of nitrogens with two attached hydrogens (primary N) is 1. The lowest BCUT2D eigenvalue weighted by atomic mass is 9.98. The van der Waals surface area contributed by atoms with E-state index in [1.807, 2.05) is 36.4 Å². The van der Waals surface area contributed by atoms with Crippen LogP contribution < -0.4 is 15.9 Å². The summed E-state index contributed by atoms with van der Waals surface area (Å²) >= 11 is 0. The number of rotatable bonds is 12. The van der Waals surface area contributed by atoms with E-state index >= 15 is 0 Å². The van der Waals surface area contributed by atoms with Crippen molar-refractivity contribution in [3.8, 4) is 5.75 Å². The second-order valence-corrected chi connectivity index (χ2v) is 13.0. The smallest absolute Gasteiger partial charge is 0.380 e. The molecule has 15 heteroatoms. The minimum atomic E-state index is -4.30. The number of nitrogens with zero attached hydrogens (tertiary/aromatic N) is 5. The number of benzene rings is 3. The van der Waals surface area contributed by atoms with Crippen molar-refractivity contribution in [2.24, 2.45) is 17.0 Å². The molecule has 0 aliphatic carbocycles. The first-order valence-electron chi connectivity index (χ1n) is 14.4. The Morgan fingerprint density at radius 2 is 1.89 bits per heavy atom. The van der Waals surface area contributed by atoms with Crippen LogP contribution in [0.1, 0.15) is 25.6 Å². The van der Waals surface area contributed by atoms with Crippen molar-refractivity contribution in [1.82, 2.24) is 9.55 Å². The van der Waals surface area contributed by atoms with Gasteiger partial charge >= 0.3 is 19.3 Å². The summed E-state index contributed by atoms with van der Waals surface area (Å²) in [5.41, 5.74) is 13.0. The van der Waals surface area contributed by atoms with Gasteiger partial charge in [-0.2, -0.15) is 4.98 Å². The van der Waals surface area contributed by atoms with Crippen molar-refractivity contribution in [2.45, 2.75) is 38.5 Å². The van der Waals surface area contributed by atoms with Crippen LogP contribution in [0.5, 0.6) is 5.75 Å². The monoisotopic (exact) mass is 648 g/mol. The standard InChI is InChI=1S/C31H33N6O8P/c1-20(29(39)42-17-22-9-4-3-5-10-22)18-46(41,45-25-14-8-12-23-11-6-7-13-24(23)25)43-19-31(35-36-33)27(38)21(2)28(44-31)37-16-15-26(32)34-30(37)40/h3-16,20-21,27-28,38H,17-19H2,1-2H3,(H2,32,34,40)/t20-,21+,27+,28-,31-,46?/m1/s1. The predicted molar refractivity (Wildman–Crippen MR) is 168 cm³/mol. The van der Waals surface area contributed by atoms with Crippen molar-refractivity contribution in [3.05, 3.63) is 112 Å². The number of hydrogen-bond acceptors (Lipinski definition) is 11. The van der Waals surface area contributed by atoms with Crippen LogP contribution in [0.3, 0.4) is 0 Å². The van der Waals surface area contributed by atoms with Gasteiger partial charge in [0.25, 0.3) is 0 Å². The Bertz CT molecular complexity index is 1860. The highest BCUT2D eigenvalue weighted by atomic mass is 31.2. The first-order chi connectivity index (χ1) is 22.0. The molecule has 1 aliphatic heterocycles. The van der Waals surface area contributed by atoms with E-state index in [4.69, 9.17) is 24.3 Å². The fraction of sp³-hybridized carbons (Fsp3) is 0.323. The molecule has 6 atom stereocenters. The fourth-order valence-electron chi connectivity index (χ4n) is 5.20. The Morgan fingerprint density at radius 1 is 1.17 bits per heavy atom. The van der Waals surface area contributed by atoms with Crippen LogP contribution in [-0.4, -0.2) is 45.2 Å². The summed E-state index contributed by atoms with van der Waals surface area (Å²) in [6.45, 7) is 2.37. The van der Waals surface area contributed by atoms with Gasteiger partial charge in [-0.25, -0.2) is 9.36 Å². The third-order valence-corrected chi connectivity index (χ3v) is 9.65. The van der Waals surface area contributed by atoms with Gasteiger partial charge in [-0.15, -0.1) is 0 Å². The molecule has 3 N–H and O–H groups in total. The second kappa shape index (κ2) is 13.7. The minimum absolute atomic E-state index is 0.0119. The normalized spacial score (nSPS) is 22.8. The summed E-state index contributed by atoms with van der Waals surface area (Å²) in [6, 6.07) is 22.9. The molecule has 1 fully saturated rings. The Labute approximate surface area is 263 Å². The zero-order valence-electron chi connectivity index (χ0n) is 25.1. The van der Waals surface area contributed by atoms with Gasteiger partial charge in [0, 0.05) is 22.4 Å². The maximum absolute atomic E-state index is 14.5. The average molecular weight is 649 g/mol. The number of aliphatic hydroxyl groups excluding tert-OH is 1. The zero-order valence-corrected chi connectivity index (χ0v) is 26.0. The molecule has 240 valence electrons. The number of anilines is 1. The van der Waals surface area contributed by atoms with Crippen molar-refractivity contribution in [2.75, 3.05) is 18.5 Å². The molecule has 1 aromatic heterocycles. The van der Waals surface area contributed by atoms with Crippen LogP contribution in [0.15, 0.2) is 95.0 Å². The Kier molecular flexibility index (Phi) is 9.76. The Morgan fingerprint density at radius 3 is 2.63 bits per heavy atom. The molecule has 1 saturated heterocycles. The molecule has 1 unspecified atom stereocenters. The van der Waals surface area contributed by atoms with E-state index in [0.29, 0.717) is 5.39 Å². The number of azide groups is 1. The van der Waals surface area contributed by atoms with E-state index in [2.05, 4.69) is 15.0 Å². The fourth-order valence-corrected chi connectivity index (χ4v) is 7.10. The largest absolute Gasteiger partial charge is 0.461 e. The highest BCUT2D eigenvalue weighted by Gasteiger charge is 2.55. The molecule has 1 aliphatic rings. The van der Waals surface area contributed by atoms with Crippen LogP contribution in [0.2, 0.25) is 0 Å². The molecular formula is C31H33N6O8P. The summed E-state index contributed by atoms with van der Waals surface area (Å²) in [4.78, 5) is 32.1. The van der Waals surface area contributed by atoms with Crippen molar-refractivity contribution in [1.29, 1.82) is 0 Å². The average Bonchev–Trinajstić information content (AvgIpc) is 3.29. The number of hydrogen-bond donors (Lipinski definition) is 2. The van der Waals surface area contributed by atoms with Crippen molar-refractivity contribution in [3.63, 3.8) is 0 Å². The molecule has 0 amide bonds. The van der Waals surface area contributed by atoms with Crippen LogP contribution in [-0.2, 0) is 30.0 Å². The molecule has 3 aromatic carbocycles. The third kappa shape index (κ3) is 7.07. The summed E-state index contributed by atoms with van der Waals surface area (Å²) in [6.07, 6.45) is -1.75. The number of esters is 1. The van der Waals surface area contributed by atoms with E-state index in [0.717, 1.165) is 15.5 Å². The molecule has 14 nitrogen and oxygen atoms in total. The van der Waals surface area contributed by atoms with Crippen LogP contribution in [0.4, 0.5) is 5.82 Å². The predicted octanol–water partition coefficient (Wildman–Crippen LogP) is 5.18. The number of aliphatic hydroxyl groups is 1. The molecule has 0 spiro atoms. The van der Waals surface area contributed by atoms with Gasteiger partial charge in [-0.05, 0) is 28.6 Å². The Balaban J connectivity index is 1.43. The Hall–Kier alpha value is -4.71. The molecule has 0 radical (unpaired) electrons. The van der Waals surface area contributed by atoms with E-state index in [-0.39, 0.29) is 18.2 Å². The molecule has 2 heterocycles. The molecule has 5 rings (SSSR count). The number of aromatic nitrogens is 2. The van der Waals surface area contributed by atoms with Gasteiger partial charge in [0.05, 0.1) is 24.8 Å². The number of ether oxygens (including phenoxy) is 2. The van der Waals surface area contributed by atoms with Gasteiger partial charge in [-0.1, -0.05) is 85.7 Å². The lowest BCUT2D eigenvalue weighted by Gasteiger charge is -2.30. The molecule has 46 heavy (non-hydrogen) atoms. The highest BCUT2D eigenvalue weighted by Crippen LogP contribution is 2.53. The van der Waals surface area contributed by atoms with Crippen LogP contribution in [0.25, 0.3) is 21.2 Å². The molecule has 0 bridgehead atoms.